The van der Waals surface area contributed by atoms with E-state index in [4.69, 9.17) is 16.7 Å². The summed E-state index contributed by atoms with van der Waals surface area (Å²) >= 11 is 6.27. The molecular formula is C18H18ClN3O3. The van der Waals surface area contributed by atoms with Gasteiger partial charge >= 0.3 is 6.09 Å². The van der Waals surface area contributed by atoms with Gasteiger partial charge in [0, 0.05) is 24.2 Å². The third-order valence-corrected chi connectivity index (χ3v) is 4.44. The van der Waals surface area contributed by atoms with Crippen LogP contribution in [0, 0.1) is 12.8 Å². The molecule has 0 bridgehead atoms. The van der Waals surface area contributed by atoms with Gasteiger partial charge in [0.15, 0.2) is 0 Å². The Morgan fingerprint density at radius 2 is 2.08 bits per heavy atom. The number of benzene rings is 1. The molecule has 1 heterocycles. The SMILES string of the molecule is Cc1cc(-c2cc(NC(=O)C3CC3)ncc2Cl)ccc1CNC(=O)O. The summed E-state index contributed by atoms with van der Waals surface area (Å²) in [6, 6.07) is 7.43. The smallest absolute Gasteiger partial charge is 0.404 e. The summed E-state index contributed by atoms with van der Waals surface area (Å²) in [4.78, 5) is 26.7. The average Bonchev–Trinajstić information content (AvgIpc) is 3.40. The summed E-state index contributed by atoms with van der Waals surface area (Å²) < 4.78 is 0. The molecule has 6 nitrogen and oxygen atoms in total. The lowest BCUT2D eigenvalue weighted by atomic mass is 10.0. The van der Waals surface area contributed by atoms with Gasteiger partial charge in [-0.2, -0.15) is 0 Å². The zero-order chi connectivity index (χ0) is 18.0. The van der Waals surface area contributed by atoms with Crippen LogP contribution < -0.4 is 10.6 Å². The molecule has 1 aromatic heterocycles. The number of carboxylic acid groups (broad SMARTS) is 1. The number of carbonyl (C=O) groups is 2. The Morgan fingerprint density at radius 1 is 1.32 bits per heavy atom. The lowest BCUT2D eigenvalue weighted by Crippen LogP contribution is -2.20. The van der Waals surface area contributed by atoms with E-state index in [1.165, 1.54) is 6.20 Å². The molecule has 0 radical (unpaired) electrons. The van der Waals surface area contributed by atoms with Gasteiger partial charge in [-0.05, 0) is 42.5 Å². The number of carbonyl (C=O) groups excluding carboxylic acids is 1. The van der Waals surface area contributed by atoms with Crippen LogP contribution in [0.1, 0.15) is 24.0 Å². The lowest BCUT2D eigenvalue weighted by Gasteiger charge is -2.11. The molecule has 1 saturated carbocycles. The second-order valence-corrected chi connectivity index (χ2v) is 6.52. The first-order chi connectivity index (χ1) is 11.9. The Hall–Kier alpha value is -2.60. The molecule has 2 aromatic rings. The van der Waals surface area contributed by atoms with E-state index in [9.17, 15) is 9.59 Å². The number of anilines is 1. The number of aromatic nitrogens is 1. The van der Waals surface area contributed by atoms with Crippen LogP contribution in [-0.4, -0.2) is 22.1 Å². The summed E-state index contributed by atoms with van der Waals surface area (Å²) in [6.45, 7) is 2.15. The van der Waals surface area contributed by atoms with Crippen molar-refractivity contribution in [1.82, 2.24) is 10.3 Å². The Bertz CT molecular complexity index is 834. The number of nitrogens with one attached hydrogen (secondary N) is 2. The maximum Gasteiger partial charge on any atom is 0.404 e. The molecule has 0 saturated heterocycles. The van der Waals surface area contributed by atoms with Crippen LogP contribution in [0.25, 0.3) is 11.1 Å². The number of hydrogen-bond donors (Lipinski definition) is 3. The quantitative estimate of drug-likeness (QED) is 0.756. The molecule has 3 N–H and O–H groups in total. The number of halogens is 1. The molecule has 25 heavy (non-hydrogen) atoms. The van der Waals surface area contributed by atoms with E-state index >= 15 is 0 Å². The van der Waals surface area contributed by atoms with Gasteiger partial charge in [0.2, 0.25) is 5.91 Å². The summed E-state index contributed by atoms with van der Waals surface area (Å²) in [7, 11) is 0. The van der Waals surface area contributed by atoms with Gasteiger partial charge in [-0.25, -0.2) is 9.78 Å². The molecular weight excluding hydrogens is 342 g/mol. The zero-order valence-electron chi connectivity index (χ0n) is 13.7. The highest BCUT2D eigenvalue weighted by atomic mass is 35.5. The van der Waals surface area contributed by atoms with Gasteiger partial charge in [-0.3, -0.25) is 4.79 Å². The van der Waals surface area contributed by atoms with Gasteiger partial charge in [-0.1, -0.05) is 29.8 Å². The molecule has 1 aliphatic rings. The van der Waals surface area contributed by atoms with Crippen LogP contribution in [-0.2, 0) is 11.3 Å². The van der Waals surface area contributed by atoms with E-state index in [1.54, 1.807) is 6.07 Å². The van der Waals surface area contributed by atoms with Crippen molar-refractivity contribution in [2.75, 3.05) is 5.32 Å². The second-order valence-electron chi connectivity index (χ2n) is 6.11. The average molecular weight is 360 g/mol. The zero-order valence-corrected chi connectivity index (χ0v) is 14.4. The first-order valence-electron chi connectivity index (χ1n) is 7.97. The highest BCUT2D eigenvalue weighted by Crippen LogP contribution is 2.33. The van der Waals surface area contributed by atoms with E-state index in [0.717, 1.165) is 35.1 Å². The van der Waals surface area contributed by atoms with Crippen molar-refractivity contribution in [2.24, 2.45) is 5.92 Å². The van der Waals surface area contributed by atoms with Gasteiger partial charge in [-0.15, -0.1) is 0 Å². The highest BCUT2D eigenvalue weighted by molar-refractivity contribution is 6.33. The summed E-state index contributed by atoms with van der Waals surface area (Å²) in [5.41, 5.74) is 3.48. The van der Waals surface area contributed by atoms with Crippen LogP contribution in [0.15, 0.2) is 30.5 Å². The molecule has 130 valence electrons. The minimum Gasteiger partial charge on any atom is -0.465 e. The third kappa shape index (κ3) is 4.28. The third-order valence-electron chi connectivity index (χ3n) is 4.14. The first kappa shape index (κ1) is 17.2. The molecule has 1 aromatic carbocycles. The van der Waals surface area contributed by atoms with Crippen molar-refractivity contribution in [3.8, 4) is 11.1 Å². The molecule has 7 heteroatoms. The predicted octanol–water partition coefficient (Wildman–Crippen LogP) is 3.83. The Balaban J connectivity index is 1.83. The summed E-state index contributed by atoms with van der Waals surface area (Å²) in [5.74, 6) is 0.571. The summed E-state index contributed by atoms with van der Waals surface area (Å²) in [5, 5.41) is 14.4. The van der Waals surface area contributed by atoms with Gasteiger partial charge in [0.05, 0.1) is 5.02 Å². The Labute approximate surface area is 150 Å². The van der Waals surface area contributed by atoms with E-state index in [-0.39, 0.29) is 18.4 Å². The van der Waals surface area contributed by atoms with Crippen molar-refractivity contribution in [3.05, 3.63) is 46.6 Å². The number of aryl methyl sites for hydroxylation is 1. The molecule has 0 aliphatic heterocycles. The van der Waals surface area contributed by atoms with Crippen LogP contribution in [0.2, 0.25) is 5.02 Å². The second kappa shape index (κ2) is 7.11. The highest BCUT2D eigenvalue weighted by Gasteiger charge is 2.29. The maximum atomic E-state index is 11.9. The number of rotatable bonds is 5. The van der Waals surface area contributed by atoms with Crippen molar-refractivity contribution >= 4 is 29.4 Å². The number of amides is 2. The van der Waals surface area contributed by atoms with Crippen LogP contribution in [0.4, 0.5) is 10.6 Å². The Kier molecular flexibility index (Phi) is 4.90. The van der Waals surface area contributed by atoms with Crippen LogP contribution in [0.5, 0.6) is 0 Å². The number of pyridine rings is 1. The number of hydrogen-bond acceptors (Lipinski definition) is 3. The van der Waals surface area contributed by atoms with E-state index < -0.39 is 6.09 Å². The van der Waals surface area contributed by atoms with Gasteiger partial charge in [0.25, 0.3) is 0 Å². The predicted molar refractivity (Wildman–Crippen MR) is 95.6 cm³/mol. The molecule has 2 amide bonds. The van der Waals surface area contributed by atoms with Crippen molar-refractivity contribution in [2.45, 2.75) is 26.3 Å². The monoisotopic (exact) mass is 359 g/mol. The molecule has 1 aliphatic carbocycles. The van der Waals surface area contributed by atoms with Crippen molar-refractivity contribution < 1.29 is 14.7 Å². The molecule has 3 rings (SSSR count). The van der Waals surface area contributed by atoms with E-state index in [0.29, 0.717) is 10.8 Å². The van der Waals surface area contributed by atoms with Crippen molar-refractivity contribution in [1.29, 1.82) is 0 Å². The van der Waals surface area contributed by atoms with Crippen LogP contribution >= 0.6 is 11.6 Å². The minimum atomic E-state index is -1.06. The standard InChI is InChI=1S/C18H18ClN3O3/c1-10-6-12(4-5-13(10)8-21-18(24)25)14-7-16(20-9-15(14)19)22-17(23)11-2-3-11/h4-7,9,11,21H,2-3,8H2,1H3,(H,24,25)(H,20,22,23). The molecule has 1 fully saturated rings. The Morgan fingerprint density at radius 3 is 2.72 bits per heavy atom. The van der Waals surface area contributed by atoms with Crippen molar-refractivity contribution in [3.63, 3.8) is 0 Å². The maximum absolute atomic E-state index is 11.9. The summed E-state index contributed by atoms with van der Waals surface area (Å²) in [6.07, 6.45) is 2.32. The number of nitrogens with zero attached hydrogens (tertiary/aromatic N) is 1. The minimum absolute atomic E-state index is 0.00736. The molecule has 0 spiro atoms. The molecule has 0 unspecified atom stereocenters. The van der Waals surface area contributed by atoms with E-state index in [1.807, 2.05) is 25.1 Å². The normalized spacial score (nSPS) is 13.4. The fourth-order valence-electron chi connectivity index (χ4n) is 2.53. The largest absolute Gasteiger partial charge is 0.465 e. The fourth-order valence-corrected chi connectivity index (χ4v) is 2.75. The van der Waals surface area contributed by atoms with Gasteiger partial charge in [0.1, 0.15) is 5.82 Å². The first-order valence-corrected chi connectivity index (χ1v) is 8.35. The van der Waals surface area contributed by atoms with Gasteiger partial charge < -0.3 is 15.7 Å². The van der Waals surface area contributed by atoms with E-state index in [2.05, 4.69) is 15.6 Å². The van der Waals surface area contributed by atoms with Crippen LogP contribution in [0.3, 0.4) is 0 Å². The lowest BCUT2D eigenvalue weighted by molar-refractivity contribution is -0.117. The fraction of sp³-hybridized carbons (Fsp3) is 0.278. The molecule has 0 atom stereocenters. The topological polar surface area (TPSA) is 91.3 Å².